The van der Waals surface area contributed by atoms with Crippen molar-refractivity contribution in [1.82, 2.24) is 9.88 Å². The van der Waals surface area contributed by atoms with Crippen molar-refractivity contribution in [2.75, 3.05) is 19.7 Å². The van der Waals surface area contributed by atoms with Crippen LogP contribution in [0, 0.1) is 0 Å². The maximum Gasteiger partial charge on any atom is 0.272 e. The highest BCUT2D eigenvalue weighted by atomic mass is 19.3. The molecule has 0 aromatic carbocycles. The quantitative estimate of drug-likeness (QED) is 0.292. The summed E-state index contributed by atoms with van der Waals surface area (Å²) in [6, 6.07) is 2.64. The smallest absolute Gasteiger partial charge is 0.272 e. The largest absolute Gasteiger partial charge is 0.409 e. The third-order valence-electron chi connectivity index (χ3n) is 2.40. The number of aromatic nitrogens is 1. The molecular weight excluding hydrogens is 274 g/mol. The lowest BCUT2D eigenvalue weighted by Gasteiger charge is -2.20. The van der Waals surface area contributed by atoms with E-state index in [9.17, 15) is 13.6 Å². The van der Waals surface area contributed by atoms with Gasteiger partial charge in [0.1, 0.15) is 5.69 Å². The van der Waals surface area contributed by atoms with Crippen LogP contribution in [0.5, 0.6) is 0 Å². The van der Waals surface area contributed by atoms with Crippen LogP contribution < -0.4 is 5.73 Å². The Morgan fingerprint density at radius 1 is 1.50 bits per heavy atom. The Labute approximate surface area is 113 Å². The molecule has 0 fully saturated rings. The second kappa shape index (κ2) is 7.34. The maximum atomic E-state index is 12.3. The highest BCUT2D eigenvalue weighted by molar-refractivity contribution is 5.98. The molecule has 0 saturated heterocycles. The number of carbonyl (C=O) groups is 1. The first-order valence-corrected chi connectivity index (χ1v) is 5.61. The van der Waals surface area contributed by atoms with Gasteiger partial charge in [-0.2, -0.15) is 0 Å². The minimum atomic E-state index is -2.71. The Bertz CT molecular complexity index is 479. The van der Waals surface area contributed by atoms with E-state index in [0.717, 1.165) is 4.90 Å². The molecule has 0 spiro atoms. The van der Waals surface area contributed by atoms with Crippen molar-refractivity contribution < 1.29 is 23.9 Å². The number of hydrogen-bond acceptors (Lipinski definition) is 5. The summed E-state index contributed by atoms with van der Waals surface area (Å²) in [7, 11) is 0. The number of carbonyl (C=O) groups excluding carboxylic acids is 1. The summed E-state index contributed by atoms with van der Waals surface area (Å²) in [5, 5.41) is 20.0. The molecule has 110 valence electrons. The SMILES string of the molecule is N/C(=N/O)c1ccc(C(=O)N(CCO)CC(F)F)nc1. The summed E-state index contributed by atoms with van der Waals surface area (Å²) in [4.78, 5) is 16.5. The molecule has 7 nitrogen and oxygen atoms in total. The number of nitrogens with two attached hydrogens (primary N) is 1. The predicted molar refractivity (Wildman–Crippen MR) is 65.7 cm³/mol. The van der Waals surface area contributed by atoms with Crippen molar-refractivity contribution in [2.45, 2.75) is 6.43 Å². The van der Waals surface area contributed by atoms with Gasteiger partial charge in [0, 0.05) is 18.3 Å². The van der Waals surface area contributed by atoms with Gasteiger partial charge >= 0.3 is 0 Å². The van der Waals surface area contributed by atoms with E-state index >= 15 is 0 Å². The molecule has 1 aromatic heterocycles. The van der Waals surface area contributed by atoms with Crippen LogP contribution in [-0.4, -0.2) is 58.1 Å². The van der Waals surface area contributed by atoms with Gasteiger partial charge in [0.15, 0.2) is 5.84 Å². The van der Waals surface area contributed by atoms with Crippen molar-refractivity contribution in [3.63, 3.8) is 0 Å². The van der Waals surface area contributed by atoms with E-state index in [-0.39, 0.29) is 23.6 Å². The van der Waals surface area contributed by atoms with Gasteiger partial charge in [-0.15, -0.1) is 0 Å². The zero-order chi connectivity index (χ0) is 15.1. The molecule has 1 amide bonds. The van der Waals surface area contributed by atoms with Crippen molar-refractivity contribution in [3.8, 4) is 0 Å². The molecule has 0 radical (unpaired) electrons. The van der Waals surface area contributed by atoms with Gasteiger partial charge in [-0.1, -0.05) is 5.16 Å². The molecule has 0 aliphatic heterocycles. The molecule has 0 bridgehead atoms. The lowest BCUT2D eigenvalue weighted by molar-refractivity contribution is 0.0504. The summed E-state index contributed by atoms with van der Waals surface area (Å²) >= 11 is 0. The Balaban J connectivity index is 2.89. The Hall–Kier alpha value is -2.29. The number of oxime groups is 1. The third kappa shape index (κ3) is 4.12. The van der Waals surface area contributed by atoms with E-state index in [0.29, 0.717) is 0 Å². The number of rotatable bonds is 6. The Kier molecular flexibility index (Phi) is 5.78. The molecule has 0 aliphatic carbocycles. The summed E-state index contributed by atoms with van der Waals surface area (Å²) in [5.74, 6) is -0.915. The van der Waals surface area contributed by atoms with Crippen molar-refractivity contribution in [1.29, 1.82) is 0 Å². The van der Waals surface area contributed by atoms with E-state index in [1.807, 2.05) is 0 Å². The maximum absolute atomic E-state index is 12.3. The van der Waals surface area contributed by atoms with E-state index < -0.39 is 25.5 Å². The average Bonchev–Trinajstić information content (AvgIpc) is 2.45. The van der Waals surface area contributed by atoms with Gasteiger partial charge in [-0.25, -0.2) is 8.78 Å². The van der Waals surface area contributed by atoms with Crippen LogP contribution in [0.3, 0.4) is 0 Å². The Morgan fingerprint density at radius 3 is 2.65 bits per heavy atom. The molecule has 0 atom stereocenters. The molecule has 1 rings (SSSR count). The van der Waals surface area contributed by atoms with Crippen molar-refractivity contribution >= 4 is 11.7 Å². The normalized spacial score (nSPS) is 11.7. The van der Waals surface area contributed by atoms with Gasteiger partial charge in [0.05, 0.1) is 13.2 Å². The lowest BCUT2D eigenvalue weighted by Crippen LogP contribution is -2.37. The van der Waals surface area contributed by atoms with Gasteiger partial charge in [0.2, 0.25) is 0 Å². The zero-order valence-electron chi connectivity index (χ0n) is 10.4. The molecule has 0 unspecified atom stereocenters. The minimum absolute atomic E-state index is 0.0754. The summed E-state index contributed by atoms with van der Waals surface area (Å²) in [6.07, 6.45) is -1.52. The molecule has 0 aliphatic rings. The predicted octanol–water partition coefficient (Wildman–Crippen LogP) is -0.124. The molecule has 4 N–H and O–H groups in total. The number of alkyl halides is 2. The Morgan fingerprint density at radius 2 is 2.20 bits per heavy atom. The average molecular weight is 288 g/mol. The number of nitrogens with zero attached hydrogens (tertiary/aromatic N) is 3. The molecule has 20 heavy (non-hydrogen) atoms. The van der Waals surface area contributed by atoms with Crippen LogP contribution in [-0.2, 0) is 0 Å². The highest BCUT2D eigenvalue weighted by Gasteiger charge is 2.20. The molecule has 0 saturated carbocycles. The van der Waals surface area contributed by atoms with Gasteiger partial charge < -0.3 is 20.9 Å². The number of aliphatic hydroxyl groups is 1. The van der Waals surface area contributed by atoms with E-state index in [1.54, 1.807) is 0 Å². The van der Waals surface area contributed by atoms with Gasteiger partial charge in [-0.05, 0) is 12.1 Å². The second-order valence-electron chi connectivity index (χ2n) is 3.78. The number of pyridine rings is 1. The fraction of sp³-hybridized carbons (Fsp3) is 0.364. The van der Waals surface area contributed by atoms with Crippen LogP contribution in [0.15, 0.2) is 23.5 Å². The van der Waals surface area contributed by atoms with E-state index in [1.165, 1.54) is 18.3 Å². The van der Waals surface area contributed by atoms with Gasteiger partial charge in [-0.3, -0.25) is 9.78 Å². The standard InChI is InChI=1S/C11H14F2N4O3/c12-9(13)6-17(3-4-18)11(19)8-2-1-7(5-15-8)10(14)16-20/h1-2,5,9,18,20H,3-4,6H2,(H2,14,16). The monoisotopic (exact) mass is 288 g/mol. The van der Waals surface area contributed by atoms with E-state index in [4.69, 9.17) is 16.0 Å². The highest BCUT2D eigenvalue weighted by Crippen LogP contribution is 2.06. The topological polar surface area (TPSA) is 112 Å². The summed E-state index contributed by atoms with van der Waals surface area (Å²) in [5.41, 5.74) is 5.53. The first-order chi connectivity index (χ1) is 9.49. The van der Waals surface area contributed by atoms with Gasteiger partial charge in [0.25, 0.3) is 12.3 Å². The van der Waals surface area contributed by atoms with Crippen LogP contribution >= 0.6 is 0 Å². The van der Waals surface area contributed by atoms with E-state index in [2.05, 4.69) is 10.1 Å². The van der Waals surface area contributed by atoms with Crippen LogP contribution in [0.25, 0.3) is 0 Å². The van der Waals surface area contributed by atoms with Crippen LogP contribution in [0.2, 0.25) is 0 Å². The number of halogens is 2. The third-order valence-corrected chi connectivity index (χ3v) is 2.40. The van der Waals surface area contributed by atoms with Crippen molar-refractivity contribution in [3.05, 3.63) is 29.6 Å². The molecule has 1 heterocycles. The second-order valence-corrected chi connectivity index (χ2v) is 3.78. The number of amides is 1. The fourth-order valence-corrected chi connectivity index (χ4v) is 1.45. The number of aliphatic hydroxyl groups excluding tert-OH is 1. The molecular formula is C11H14F2N4O3. The first-order valence-electron chi connectivity index (χ1n) is 5.61. The minimum Gasteiger partial charge on any atom is -0.409 e. The number of amidine groups is 1. The zero-order valence-corrected chi connectivity index (χ0v) is 10.4. The van der Waals surface area contributed by atoms with Crippen LogP contribution in [0.1, 0.15) is 16.1 Å². The summed E-state index contributed by atoms with van der Waals surface area (Å²) in [6.45, 7) is -1.43. The molecule has 9 heteroatoms. The lowest BCUT2D eigenvalue weighted by atomic mass is 10.2. The summed E-state index contributed by atoms with van der Waals surface area (Å²) < 4.78 is 24.7. The van der Waals surface area contributed by atoms with Crippen molar-refractivity contribution in [2.24, 2.45) is 10.9 Å². The molecule has 1 aromatic rings. The van der Waals surface area contributed by atoms with Crippen LogP contribution in [0.4, 0.5) is 8.78 Å². The number of hydrogen-bond donors (Lipinski definition) is 3. The first kappa shape index (κ1) is 15.8. The fourth-order valence-electron chi connectivity index (χ4n) is 1.45.